The van der Waals surface area contributed by atoms with Crippen molar-refractivity contribution < 1.29 is 41.4 Å². The van der Waals surface area contributed by atoms with Crippen molar-refractivity contribution in [2.45, 2.75) is 30.9 Å². The average molecular weight is 535 g/mol. The normalized spacial score (nSPS) is 12.7. The summed E-state index contributed by atoms with van der Waals surface area (Å²) in [6.07, 6.45) is 2.15. The van der Waals surface area contributed by atoms with E-state index < -0.39 is 16.6 Å². The summed E-state index contributed by atoms with van der Waals surface area (Å²) in [6.45, 7) is 4.96. The predicted molar refractivity (Wildman–Crippen MR) is 138 cm³/mol. The smallest absolute Gasteiger partial charge is 1.00 e. The molecule has 34 heavy (non-hydrogen) atoms. The minimum Gasteiger partial charge on any atom is -1.00 e. The maximum atomic E-state index is 2.70. The van der Waals surface area contributed by atoms with Gasteiger partial charge < -0.3 is 24.8 Å². The second-order valence-electron chi connectivity index (χ2n) is 9.56. The van der Waals surface area contributed by atoms with Crippen LogP contribution in [0.1, 0.15) is 36.1 Å². The van der Waals surface area contributed by atoms with Gasteiger partial charge in [-0.15, -0.1) is 0 Å². The second-order valence-corrected chi connectivity index (χ2v) is 18.1. The molecular weight excluding hydrogens is 507 g/mol. The van der Waals surface area contributed by atoms with Crippen LogP contribution in [0.2, 0.25) is 4.22 Å². The molecule has 0 nitrogen and oxygen atoms in total. The van der Waals surface area contributed by atoms with Crippen LogP contribution in [0, 0.1) is 0 Å². The summed E-state index contributed by atoms with van der Waals surface area (Å²) in [5.74, 6) is 0. The van der Waals surface area contributed by atoms with Gasteiger partial charge in [0.1, 0.15) is 0 Å². The summed E-state index contributed by atoms with van der Waals surface area (Å²) in [7, 11) is 2.11. The summed E-state index contributed by atoms with van der Waals surface area (Å²) < 4.78 is 6.68. The van der Waals surface area contributed by atoms with E-state index in [-0.39, 0.29) is 24.8 Å². The van der Waals surface area contributed by atoms with Gasteiger partial charge in [0.25, 0.3) is 0 Å². The van der Waals surface area contributed by atoms with Gasteiger partial charge in [-0.3, -0.25) is 0 Å². The van der Waals surface area contributed by atoms with Gasteiger partial charge in [0.05, 0.1) is 0 Å². The number of benzene rings is 4. The summed E-state index contributed by atoms with van der Waals surface area (Å²) in [4.78, 5) is 0. The fourth-order valence-corrected chi connectivity index (χ4v) is 17.3. The fraction of sp³-hybridized carbons (Fsp3) is 0.167. The zero-order valence-corrected chi connectivity index (χ0v) is 24.1. The maximum absolute atomic E-state index is 2.80. The first kappa shape index (κ1) is 25.4. The molecule has 6 rings (SSSR count). The van der Waals surface area contributed by atoms with Gasteiger partial charge in [0.2, 0.25) is 0 Å². The summed E-state index contributed by atoms with van der Waals surface area (Å²) in [6, 6.07) is 32.3. The van der Waals surface area contributed by atoms with Crippen LogP contribution in [0.15, 0.2) is 84.9 Å². The molecule has 0 radical (unpaired) electrons. The zero-order chi connectivity index (χ0) is 21.9. The summed E-state index contributed by atoms with van der Waals surface area (Å²) in [5, 5.41) is 0. The third-order valence-corrected chi connectivity index (χ3v) is 18.6. The van der Waals surface area contributed by atoms with E-state index >= 15 is 0 Å². The van der Waals surface area contributed by atoms with Crippen LogP contribution in [-0.4, -0.2) is 13.8 Å². The standard InChI is InChI=1S/2C13H9.C3H7.CH3Si.2ClH.Ti/c2*1-3-7-12-10(5-1)9-11-6-2-4-8-13(11)12;1-3-2;1-2;;;/h2*1-5,7-8H,9H2;3H,1-2H3;1H,2H2;2*1H;/p-2. The monoisotopic (exact) mass is 534 g/mol. The Morgan fingerprint density at radius 1 is 0.618 bits per heavy atom. The van der Waals surface area contributed by atoms with E-state index in [0.717, 1.165) is 12.8 Å². The van der Waals surface area contributed by atoms with Crippen LogP contribution in [0.25, 0.3) is 22.3 Å². The van der Waals surface area contributed by atoms with E-state index in [0.29, 0.717) is 4.22 Å². The number of hydrogen-bond acceptors (Lipinski definition) is 0. The molecule has 2 aliphatic carbocycles. The van der Waals surface area contributed by atoms with E-state index in [1.165, 1.54) is 33.4 Å². The Morgan fingerprint density at radius 3 is 1.44 bits per heavy atom. The predicted octanol–water partition coefficient (Wildman–Crippen LogP) is -0.837. The number of fused-ring (bicyclic) bond motifs is 6. The van der Waals surface area contributed by atoms with Crippen molar-refractivity contribution in [1.29, 1.82) is 0 Å². The molecule has 0 bridgehead atoms. The largest absolute Gasteiger partial charge is 1.00 e. The molecule has 0 saturated carbocycles. The molecule has 172 valence electrons. The first-order valence-corrected chi connectivity index (χ1v) is 15.9. The van der Waals surface area contributed by atoms with Gasteiger partial charge in [0, 0.05) is 0 Å². The first-order valence-electron chi connectivity index (χ1n) is 11.7. The molecule has 4 aromatic carbocycles. The van der Waals surface area contributed by atoms with Crippen LogP contribution in [0.3, 0.4) is 0 Å². The molecule has 0 aliphatic heterocycles. The third-order valence-electron chi connectivity index (χ3n) is 7.83. The molecule has 0 unspecified atom stereocenters. The van der Waals surface area contributed by atoms with Crippen molar-refractivity contribution >= 4 is 21.6 Å². The van der Waals surface area contributed by atoms with Crippen molar-refractivity contribution in [2.24, 2.45) is 0 Å². The van der Waals surface area contributed by atoms with Crippen molar-refractivity contribution in [3.8, 4) is 22.3 Å². The van der Waals surface area contributed by atoms with Crippen molar-refractivity contribution in [3.63, 3.8) is 0 Å². The van der Waals surface area contributed by atoms with Gasteiger partial charge in [-0.2, -0.15) is 0 Å². The molecule has 4 aromatic rings. The van der Waals surface area contributed by atoms with Gasteiger partial charge in [-0.25, -0.2) is 0 Å². The molecular formula is C30H28Cl2SiTi-2. The van der Waals surface area contributed by atoms with Crippen LogP contribution in [0.5, 0.6) is 0 Å². The van der Waals surface area contributed by atoms with E-state index in [1.54, 1.807) is 18.9 Å². The quantitative estimate of drug-likeness (QED) is 0.259. The van der Waals surface area contributed by atoms with Gasteiger partial charge >= 0.3 is 199 Å². The topological polar surface area (TPSA) is 0 Å². The molecule has 2 aliphatic rings. The number of hydrogen-bond donors (Lipinski definition) is 0. The molecule has 0 spiro atoms. The van der Waals surface area contributed by atoms with Crippen molar-refractivity contribution in [1.82, 2.24) is 0 Å². The Hall–Kier alpha value is -1.74. The van der Waals surface area contributed by atoms with Crippen LogP contribution in [-0.2, 0) is 29.4 Å². The van der Waals surface area contributed by atoms with E-state index in [1.807, 2.05) is 0 Å². The van der Waals surface area contributed by atoms with Crippen LogP contribution in [0.4, 0.5) is 0 Å². The Balaban J connectivity index is 0.00000137. The second kappa shape index (κ2) is 9.72. The van der Waals surface area contributed by atoms with E-state index in [2.05, 4.69) is 113 Å². The van der Waals surface area contributed by atoms with Crippen molar-refractivity contribution in [3.05, 3.63) is 107 Å². The first-order chi connectivity index (χ1) is 15.6. The Morgan fingerprint density at radius 2 is 1.03 bits per heavy atom. The fourth-order valence-electron chi connectivity index (χ4n) is 6.31. The molecule has 0 heterocycles. The molecule has 0 N–H and O–H groups in total. The average Bonchev–Trinajstić information content (AvgIpc) is 3.39. The van der Waals surface area contributed by atoms with E-state index in [4.69, 9.17) is 0 Å². The van der Waals surface area contributed by atoms with Gasteiger partial charge in [-0.05, 0) is 0 Å². The molecule has 0 amide bonds. The Kier molecular flexibility index (Phi) is 7.25. The molecule has 0 aromatic heterocycles. The molecule has 0 atom stereocenters. The van der Waals surface area contributed by atoms with E-state index in [9.17, 15) is 0 Å². The molecule has 4 heteroatoms. The number of rotatable bonds is 4. The minimum atomic E-state index is -2.80. The Bertz CT molecular complexity index is 1300. The third kappa shape index (κ3) is 3.56. The maximum Gasteiger partial charge on any atom is -1.00 e. The SMILES string of the molecule is C[CH](C)[Ti]([CH]=[SiH2])([c]1cccc2c1Cc1ccccc1-2)[c]1cccc2c1Cc1ccccc1-2.[Cl-].[Cl-]. The summed E-state index contributed by atoms with van der Waals surface area (Å²) >= 11 is -2.80. The number of halogens is 2. The van der Waals surface area contributed by atoms with Crippen LogP contribution < -0.4 is 32.6 Å². The summed E-state index contributed by atoms with van der Waals surface area (Å²) in [5.41, 5.74) is 12.0. The van der Waals surface area contributed by atoms with Gasteiger partial charge in [0.15, 0.2) is 0 Å². The molecule has 0 saturated heterocycles. The Labute approximate surface area is 222 Å². The zero-order valence-electron chi connectivity index (χ0n) is 19.6. The van der Waals surface area contributed by atoms with Crippen molar-refractivity contribution in [2.75, 3.05) is 0 Å². The van der Waals surface area contributed by atoms with Gasteiger partial charge in [-0.1, -0.05) is 0 Å². The van der Waals surface area contributed by atoms with Crippen LogP contribution >= 0.6 is 0 Å². The minimum absolute atomic E-state index is 0. The molecule has 0 fully saturated rings.